The summed E-state index contributed by atoms with van der Waals surface area (Å²) in [6.07, 6.45) is 1.37. The molecule has 1 aromatic heterocycles. The van der Waals surface area contributed by atoms with Crippen LogP contribution in [-0.2, 0) is 0 Å². The first-order valence-electron chi connectivity index (χ1n) is 4.48. The topological polar surface area (TPSA) is 97.8 Å². The summed E-state index contributed by atoms with van der Waals surface area (Å²) in [5.41, 5.74) is 12.0. The second-order valence-electron chi connectivity index (χ2n) is 3.25. The van der Waals surface area contributed by atoms with Crippen LogP contribution in [0, 0.1) is 0 Å². The summed E-state index contributed by atoms with van der Waals surface area (Å²) in [5, 5.41) is 0.436. The number of hydrogen-bond acceptors (Lipinski definition) is 4. The zero-order chi connectivity index (χ0) is 11.7. The molecule has 0 fully saturated rings. The first kappa shape index (κ1) is 10.5. The van der Waals surface area contributed by atoms with Crippen molar-refractivity contribution in [1.29, 1.82) is 0 Å². The summed E-state index contributed by atoms with van der Waals surface area (Å²) in [5.74, 6) is 0.0637. The molecule has 0 amide bonds. The Morgan fingerprint density at radius 3 is 2.69 bits per heavy atom. The van der Waals surface area contributed by atoms with Crippen molar-refractivity contribution in [3.8, 4) is 11.1 Å². The lowest BCUT2D eigenvalue weighted by atomic mass is 10.1. The van der Waals surface area contributed by atoms with E-state index in [2.05, 4.69) is 9.97 Å². The fourth-order valence-corrected chi connectivity index (χ4v) is 1.57. The van der Waals surface area contributed by atoms with Crippen molar-refractivity contribution < 1.29 is 0 Å². The van der Waals surface area contributed by atoms with Crippen LogP contribution >= 0.6 is 11.6 Å². The number of nitrogen functional groups attached to an aromatic ring is 2. The van der Waals surface area contributed by atoms with Crippen LogP contribution in [0.5, 0.6) is 0 Å². The summed E-state index contributed by atoms with van der Waals surface area (Å²) in [4.78, 5) is 17.8. The smallest absolute Gasteiger partial charge is 0.260 e. The molecule has 6 heteroatoms. The van der Waals surface area contributed by atoms with Gasteiger partial charge in [-0.05, 0) is 18.2 Å². The number of anilines is 2. The minimum atomic E-state index is -0.347. The Labute approximate surface area is 96.1 Å². The van der Waals surface area contributed by atoms with Crippen LogP contribution in [0.1, 0.15) is 0 Å². The number of aromatic nitrogens is 2. The van der Waals surface area contributed by atoms with Crippen LogP contribution in [0.4, 0.5) is 11.6 Å². The summed E-state index contributed by atoms with van der Waals surface area (Å²) in [6, 6.07) is 4.90. The molecule has 0 unspecified atom stereocenters. The Morgan fingerprint density at radius 1 is 1.25 bits per heavy atom. The Balaban J connectivity index is 2.67. The molecule has 0 aliphatic rings. The SMILES string of the molecule is Nc1ccc(Cl)c(-c2cnc(N)[nH]c2=O)c1. The average molecular weight is 237 g/mol. The molecule has 0 saturated heterocycles. The van der Waals surface area contributed by atoms with Crippen LogP contribution in [0.3, 0.4) is 0 Å². The van der Waals surface area contributed by atoms with Crippen molar-refractivity contribution >= 4 is 23.2 Å². The molecule has 82 valence electrons. The largest absolute Gasteiger partial charge is 0.399 e. The number of nitrogens with one attached hydrogen (secondary N) is 1. The second-order valence-corrected chi connectivity index (χ2v) is 3.66. The summed E-state index contributed by atoms with van der Waals surface area (Å²) in [6.45, 7) is 0. The zero-order valence-electron chi connectivity index (χ0n) is 8.20. The van der Waals surface area contributed by atoms with Crippen molar-refractivity contribution in [3.05, 3.63) is 39.8 Å². The number of rotatable bonds is 1. The third-order valence-corrected chi connectivity index (χ3v) is 2.43. The highest BCUT2D eigenvalue weighted by atomic mass is 35.5. The Hall–Kier alpha value is -2.01. The molecule has 1 aromatic carbocycles. The van der Waals surface area contributed by atoms with Gasteiger partial charge in [0.15, 0.2) is 5.95 Å². The lowest BCUT2D eigenvalue weighted by Crippen LogP contribution is -2.12. The van der Waals surface area contributed by atoms with Crippen LogP contribution in [0.25, 0.3) is 11.1 Å². The van der Waals surface area contributed by atoms with E-state index >= 15 is 0 Å². The maximum absolute atomic E-state index is 11.6. The lowest BCUT2D eigenvalue weighted by Gasteiger charge is -2.04. The molecule has 0 atom stereocenters. The van der Waals surface area contributed by atoms with E-state index in [1.165, 1.54) is 6.20 Å². The molecule has 0 aliphatic heterocycles. The molecule has 0 saturated carbocycles. The highest BCUT2D eigenvalue weighted by Crippen LogP contribution is 2.26. The van der Waals surface area contributed by atoms with Gasteiger partial charge < -0.3 is 11.5 Å². The van der Waals surface area contributed by atoms with Crippen LogP contribution in [0.2, 0.25) is 5.02 Å². The highest BCUT2D eigenvalue weighted by molar-refractivity contribution is 6.33. The first-order chi connectivity index (χ1) is 7.58. The third kappa shape index (κ3) is 1.85. The van der Waals surface area contributed by atoms with Crippen molar-refractivity contribution in [3.63, 3.8) is 0 Å². The minimum Gasteiger partial charge on any atom is -0.399 e. The van der Waals surface area contributed by atoms with Gasteiger partial charge in [-0.25, -0.2) is 4.98 Å². The van der Waals surface area contributed by atoms with E-state index in [0.717, 1.165) is 0 Å². The van der Waals surface area contributed by atoms with Gasteiger partial charge in [-0.15, -0.1) is 0 Å². The highest BCUT2D eigenvalue weighted by Gasteiger charge is 2.08. The van der Waals surface area contributed by atoms with E-state index in [1.54, 1.807) is 18.2 Å². The maximum atomic E-state index is 11.6. The molecule has 0 aliphatic carbocycles. The Kier molecular flexibility index (Phi) is 2.54. The summed E-state index contributed by atoms with van der Waals surface area (Å²) < 4.78 is 0. The molecule has 0 radical (unpaired) electrons. The van der Waals surface area contributed by atoms with Gasteiger partial charge in [0.25, 0.3) is 5.56 Å². The number of halogens is 1. The van der Waals surface area contributed by atoms with Crippen molar-refractivity contribution in [2.24, 2.45) is 0 Å². The van der Waals surface area contributed by atoms with E-state index in [4.69, 9.17) is 23.1 Å². The standard InChI is InChI=1S/C10H9ClN4O/c11-8-2-1-5(12)3-6(8)7-4-14-10(13)15-9(7)16/h1-4H,12H2,(H3,13,14,15,16). The predicted octanol–water partition coefficient (Wildman–Crippen LogP) is 1.25. The minimum absolute atomic E-state index is 0.0637. The molecule has 2 rings (SSSR count). The normalized spacial score (nSPS) is 10.3. The third-order valence-electron chi connectivity index (χ3n) is 2.10. The molecular weight excluding hydrogens is 228 g/mol. The molecular formula is C10H9ClN4O. The van der Waals surface area contributed by atoms with Gasteiger partial charge in [0.2, 0.25) is 0 Å². The van der Waals surface area contributed by atoms with Gasteiger partial charge in [0, 0.05) is 22.5 Å². The number of nitrogens with zero attached hydrogens (tertiary/aromatic N) is 1. The monoisotopic (exact) mass is 236 g/mol. The van der Waals surface area contributed by atoms with Gasteiger partial charge in [-0.1, -0.05) is 11.6 Å². The number of H-pyrrole nitrogens is 1. The average Bonchev–Trinajstić information content (AvgIpc) is 2.22. The van der Waals surface area contributed by atoms with Crippen molar-refractivity contribution in [2.75, 3.05) is 11.5 Å². The van der Waals surface area contributed by atoms with E-state index in [0.29, 0.717) is 21.8 Å². The van der Waals surface area contributed by atoms with Crippen LogP contribution in [0.15, 0.2) is 29.2 Å². The molecule has 5 nitrogen and oxygen atoms in total. The van der Waals surface area contributed by atoms with Gasteiger partial charge in [0.05, 0.1) is 5.56 Å². The Bertz CT molecular complexity index is 594. The van der Waals surface area contributed by atoms with Crippen LogP contribution < -0.4 is 17.0 Å². The number of hydrogen-bond donors (Lipinski definition) is 3. The van der Waals surface area contributed by atoms with Gasteiger partial charge >= 0.3 is 0 Å². The van der Waals surface area contributed by atoms with Gasteiger partial charge in [-0.2, -0.15) is 0 Å². The molecule has 5 N–H and O–H groups in total. The lowest BCUT2D eigenvalue weighted by molar-refractivity contribution is 1.14. The number of nitrogens with two attached hydrogens (primary N) is 2. The summed E-state index contributed by atoms with van der Waals surface area (Å²) in [7, 11) is 0. The second kappa shape index (κ2) is 3.86. The van der Waals surface area contributed by atoms with Crippen LogP contribution in [-0.4, -0.2) is 9.97 Å². The van der Waals surface area contributed by atoms with E-state index in [-0.39, 0.29) is 11.5 Å². The van der Waals surface area contributed by atoms with Gasteiger partial charge in [0.1, 0.15) is 0 Å². The first-order valence-corrected chi connectivity index (χ1v) is 4.86. The Morgan fingerprint density at radius 2 is 2.00 bits per heavy atom. The molecule has 2 aromatic rings. The number of benzene rings is 1. The fraction of sp³-hybridized carbons (Fsp3) is 0. The summed E-state index contributed by atoms with van der Waals surface area (Å²) >= 11 is 5.98. The van der Waals surface area contributed by atoms with E-state index < -0.39 is 0 Å². The predicted molar refractivity (Wildman–Crippen MR) is 64.1 cm³/mol. The fourth-order valence-electron chi connectivity index (χ4n) is 1.35. The van der Waals surface area contributed by atoms with E-state index in [1.807, 2.05) is 0 Å². The zero-order valence-corrected chi connectivity index (χ0v) is 8.95. The van der Waals surface area contributed by atoms with E-state index in [9.17, 15) is 4.79 Å². The quantitative estimate of drug-likeness (QED) is 0.649. The number of aromatic amines is 1. The van der Waals surface area contributed by atoms with Crippen molar-refractivity contribution in [2.45, 2.75) is 0 Å². The van der Waals surface area contributed by atoms with Gasteiger partial charge in [-0.3, -0.25) is 9.78 Å². The van der Waals surface area contributed by atoms with Crippen molar-refractivity contribution in [1.82, 2.24) is 9.97 Å². The molecule has 0 spiro atoms. The molecule has 1 heterocycles. The molecule has 0 bridgehead atoms. The molecule has 16 heavy (non-hydrogen) atoms. The maximum Gasteiger partial charge on any atom is 0.260 e.